The van der Waals surface area contributed by atoms with E-state index in [1.165, 1.54) is 0 Å². The number of benzene rings is 1. The lowest BCUT2D eigenvalue weighted by atomic mass is 10.2. The predicted molar refractivity (Wildman–Crippen MR) is 71.9 cm³/mol. The van der Waals surface area contributed by atoms with Crippen molar-refractivity contribution in [1.29, 1.82) is 5.26 Å². The molecule has 86 valence electrons. The summed E-state index contributed by atoms with van der Waals surface area (Å²) in [6.45, 7) is 0. The van der Waals surface area contributed by atoms with Crippen LogP contribution in [0.3, 0.4) is 0 Å². The van der Waals surface area contributed by atoms with Gasteiger partial charge in [-0.15, -0.1) is 0 Å². The number of fused-ring (bicyclic) bond motifs is 1. The molecule has 4 nitrogen and oxygen atoms in total. The number of hydrogen-bond acceptors (Lipinski definition) is 5. The van der Waals surface area contributed by atoms with E-state index in [0.29, 0.717) is 5.56 Å². The quantitative estimate of drug-likeness (QED) is 0.760. The zero-order valence-electron chi connectivity index (χ0n) is 9.29. The zero-order chi connectivity index (χ0) is 12.4. The SMILES string of the molecule is N#Cc1cccc(Nc2nc3cnccc3s2)c1. The normalized spacial score (nSPS) is 10.2. The molecule has 0 fully saturated rings. The first-order chi connectivity index (χ1) is 8.85. The van der Waals surface area contributed by atoms with Gasteiger partial charge < -0.3 is 5.32 Å². The fraction of sp³-hybridized carbons (Fsp3) is 0. The first-order valence-corrected chi connectivity index (χ1v) is 6.14. The van der Waals surface area contributed by atoms with Crippen LogP contribution in [0.1, 0.15) is 5.56 Å². The number of anilines is 2. The maximum Gasteiger partial charge on any atom is 0.188 e. The molecule has 0 saturated carbocycles. The minimum absolute atomic E-state index is 0.628. The zero-order valence-corrected chi connectivity index (χ0v) is 10.1. The first kappa shape index (κ1) is 10.7. The van der Waals surface area contributed by atoms with Gasteiger partial charge in [0.15, 0.2) is 5.13 Å². The van der Waals surface area contributed by atoms with Crippen molar-refractivity contribution in [3.05, 3.63) is 48.3 Å². The molecule has 0 radical (unpaired) electrons. The number of thiazole rings is 1. The van der Waals surface area contributed by atoms with Gasteiger partial charge in [-0.3, -0.25) is 4.98 Å². The summed E-state index contributed by atoms with van der Waals surface area (Å²) in [5.41, 5.74) is 2.37. The Balaban J connectivity index is 1.94. The van der Waals surface area contributed by atoms with Crippen molar-refractivity contribution >= 4 is 32.4 Å². The molecule has 5 heteroatoms. The van der Waals surface area contributed by atoms with Crippen molar-refractivity contribution in [1.82, 2.24) is 9.97 Å². The van der Waals surface area contributed by atoms with Gasteiger partial charge in [0.1, 0.15) is 5.52 Å². The minimum Gasteiger partial charge on any atom is -0.331 e. The molecule has 3 aromatic rings. The van der Waals surface area contributed by atoms with E-state index in [0.717, 1.165) is 21.0 Å². The number of nitriles is 1. The molecule has 0 spiro atoms. The monoisotopic (exact) mass is 252 g/mol. The Kier molecular flexibility index (Phi) is 2.63. The lowest BCUT2D eigenvalue weighted by molar-refractivity contribution is 1.33. The Labute approximate surface area is 108 Å². The smallest absolute Gasteiger partial charge is 0.188 e. The Morgan fingerprint density at radius 1 is 1.28 bits per heavy atom. The van der Waals surface area contributed by atoms with Crippen LogP contribution in [0, 0.1) is 11.3 Å². The Hall–Kier alpha value is -2.45. The molecule has 1 aromatic carbocycles. The van der Waals surface area contributed by atoms with E-state index in [9.17, 15) is 0 Å². The fourth-order valence-corrected chi connectivity index (χ4v) is 2.48. The van der Waals surface area contributed by atoms with Crippen molar-refractivity contribution in [2.45, 2.75) is 0 Å². The summed E-state index contributed by atoms with van der Waals surface area (Å²) >= 11 is 1.56. The third-order valence-corrected chi connectivity index (χ3v) is 3.38. The highest BCUT2D eigenvalue weighted by Gasteiger charge is 2.03. The number of nitrogens with one attached hydrogen (secondary N) is 1. The summed E-state index contributed by atoms with van der Waals surface area (Å²) in [5.74, 6) is 0. The minimum atomic E-state index is 0.628. The number of aromatic nitrogens is 2. The summed E-state index contributed by atoms with van der Waals surface area (Å²) in [7, 11) is 0. The third kappa shape index (κ3) is 2.01. The number of pyridine rings is 1. The van der Waals surface area contributed by atoms with E-state index in [1.807, 2.05) is 18.2 Å². The van der Waals surface area contributed by atoms with Gasteiger partial charge in [0.2, 0.25) is 0 Å². The maximum absolute atomic E-state index is 8.84. The molecule has 0 saturated heterocycles. The summed E-state index contributed by atoms with van der Waals surface area (Å²) in [6.07, 6.45) is 3.49. The van der Waals surface area contributed by atoms with E-state index in [4.69, 9.17) is 5.26 Å². The van der Waals surface area contributed by atoms with Gasteiger partial charge in [0.25, 0.3) is 0 Å². The lowest BCUT2D eigenvalue weighted by Crippen LogP contribution is -1.89. The summed E-state index contributed by atoms with van der Waals surface area (Å²) in [4.78, 5) is 8.46. The van der Waals surface area contributed by atoms with Crippen molar-refractivity contribution in [2.75, 3.05) is 5.32 Å². The average molecular weight is 252 g/mol. The second kappa shape index (κ2) is 4.43. The number of hydrogen-bond donors (Lipinski definition) is 1. The van der Waals surface area contributed by atoms with Crippen LogP contribution in [0.25, 0.3) is 10.2 Å². The van der Waals surface area contributed by atoms with Gasteiger partial charge >= 0.3 is 0 Å². The van der Waals surface area contributed by atoms with Gasteiger partial charge in [-0.2, -0.15) is 5.26 Å². The van der Waals surface area contributed by atoms with E-state index in [-0.39, 0.29) is 0 Å². The number of nitrogens with zero attached hydrogens (tertiary/aromatic N) is 3. The predicted octanol–water partition coefficient (Wildman–Crippen LogP) is 3.31. The Morgan fingerprint density at radius 2 is 2.22 bits per heavy atom. The molecule has 3 rings (SSSR count). The molecule has 1 N–H and O–H groups in total. The summed E-state index contributed by atoms with van der Waals surface area (Å²) in [5, 5.41) is 12.8. The van der Waals surface area contributed by atoms with Crippen LogP contribution in [0.15, 0.2) is 42.7 Å². The lowest BCUT2D eigenvalue weighted by Gasteiger charge is -2.01. The molecule has 0 unspecified atom stereocenters. The van der Waals surface area contributed by atoms with Crippen LogP contribution in [-0.2, 0) is 0 Å². The standard InChI is InChI=1S/C13H8N4S/c14-7-9-2-1-3-10(6-9)16-13-17-11-8-15-5-4-12(11)18-13/h1-6,8H,(H,16,17). The van der Waals surface area contributed by atoms with Crippen molar-refractivity contribution < 1.29 is 0 Å². The fourth-order valence-electron chi connectivity index (χ4n) is 1.62. The topological polar surface area (TPSA) is 61.6 Å². The van der Waals surface area contributed by atoms with Crippen molar-refractivity contribution in [3.8, 4) is 6.07 Å². The van der Waals surface area contributed by atoms with Gasteiger partial charge in [-0.1, -0.05) is 17.4 Å². The van der Waals surface area contributed by atoms with Crippen LogP contribution in [0.5, 0.6) is 0 Å². The van der Waals surface area contributed by atoms with Crippen LogP contribution in [-0.4, -0.2) is 9.97 Å². The van der Waals surface area contributed by atoms with Crippen LogP contribution < -0.4 is 5.32 Å². The van der Waals surface area contributed by atoms with Crippen molar-refractivity contribution in [3.63, 3.8) is 0 Å². The van der Waals surface area contributed by atoms with Crippen LogP contribution >= 0.6 is 11.3 Å². The average Bonchev–Trinajstić information content (AvgIpc) is 2.81. The molecular weight excluding hydrogens is 244 g/mol. The molecule has 0 atom stereocenters. The molecule has 0 bridgehead atoms. The van der Waals surface area contributed by atoms with E-state index < -0.39 is 0 Å². The molecule has 0 aliphatic heterocycles. The molecule has 2 heterocycles. The second-order valence-electron chi connectivity index (χ2n) is 3.68. The molecule has 2 aromatic heterocycles. The molecular formula is C13H8N4S. The van der Waals surface area contributed by atoms with Gasteiger partial charge in [0.05, 0.1) is 22.5 Å². The van der Waals surface area contributed by atoms with Gasteiger partial charge in [-0.25, -0.2) is 4.98 Å². The largest absolute Gasteiger partial charge is 0.331 e. The molecule has 0 amide bonds. The van der Waals surface area contributed by atoms with E-state index in [2.05, 4.69) is 21.4 Å². The first-order valence-electron chi connectivity index (χ1n) is 5.33. The number of rotatable bonds is 2. The second-order valence-corrected chi connectivity index (χ2v) is 4.71. The molecule has 18 heavy (non-hydrogen) atoms. The van der Waals surface area contributed by atoms with E-state index in [1.54, 1.807) is 35.9 Å². The van der Waals surface area contributed by atoms with Crippen LogP contribution in [0.2, 0.25) is 0 Å². The van der Waals surface area contributed by atoms with Crippen LogP contribution in [0.4, 0.5) is 10.8 Å². The Morgan fingerprint density at radius 3 is 3.06 bits per heavy atom. The van der Waals surface area contributed by atoms with Crippen molar-refractivity contribution in [2.24, 2.45) is 0 Å². The highest BCUT2D eigenvalue weighted by atomic mass is 32.1. The molecule has 0 aliphatic rings. The highest BCUT2D eigenvalue weighted by molar-refractivity contribution is 7.22. The summed E-state index contributed by atoms with van der Waals surface area (Å²) < 4.78 is 1.09. The third-order valence-electron chi connectivity index (χ3n) is 2.43. The summed E-state index contributed by atoms with van der Waals surface area (Å²) in [6, 6.07) is 11.4. The van der Waals surface area contributed by atoms with Gasteiger partial charge in [-0.05, 0) is 24.3 Å². The Bertz CT molecular complexity index is 709. The van der Waals surface area contributed by atoms with E-state index >= 15 is 0 Å². The maximum atomic E-state index is 8.84. The molecule has 0 aliphatic carbocycles. The highest BCUT2D eigenvalue weighted by Crippen LogP contribution is 2.27. The van der Waals surface area contributed by atoms with Gasteiger partial charge in [0, 0.05) is 11.9 Å².